The van der Waals surface area contributed by atoms with E-state index < -0.39 is 5.54 Å². The van der Waals surface area contributed by atoms with Gasteiger partial charge in [0.2, 0.25) is 5.91 Å². The number of nitrogens with one attached hydrogen (secondary N) is 3. The molecule has 6 nitrogen and oxygen atoms in total. The summed E-state index contributed by atoms with van der Waals surface area (Å²) in [6.07, 6.45) is 8.44. The molecule has 3 N–H and O–H groups in total. The van der Waals surface area contributed by atoms with Crippen molar-refractivity contribution in [3.05, 3.63) is 24.3 Å². The summed E-state index contributed by atoms with van der Waals surface area (Å²) in [4.78, 5) is 27.9. The predicted molar refractivity (Wildman–Crippen MR) is 114 cm³/mol. The molecule has 4 rings (SSSR count). The van der Waals surface area contributed by atoms with Gasteiger partial charge in [-0.05, 0) is 50.9 Å². The minimum Gasteiger partial charge on any atom is -0.369 e. The predicted octanol–water partition coefficient (Wildman–Crippen LogP) is 2.83. The SMILES string of the molecule is Cl.O=C(CN1C(=O)C2(CCNCC2)Nc2ccccc21)NC1CCCCCC1. The Hall–Kier alpha value is -1.79. The fourth-order valence-electron chi connectivity index (χ4n) is 4.68. The number of amides is 2. The number of fused-ring (bicyclic) bond motifs is 1. The second-order valence-corrected chi connectivity index (χ2v) is 8.12. The maximum Gasteiger partial charge on any atom is 0.253 e. The third-order valence-electron chi connectivity index (χ3n) is 6.20. The van der Waals surface area contributed by atoms with Gasteiger partial charge in [-0.1, -0.05) is 37.8 Å². The lowest BCUT2D eigenvalue weighted by atomic mass is 9.84. The highest BCUT2D eigenvalue weighted by atomic mass is 35.5. The first-order valence-electron chi connectivity index (χ1n) is 10.4. The summed E-state index contributed by atoms with van der Waals surface area (Å²) in [7, 11) is 0. The van der Waals surface area contributed by atoms with Crippen LogP contribution in [0.1, 0.15) is 51.4 Å². The summed E-state index contributed by atoms with van der Waals surface area (Å²) in [6, 6.07) is 8.07. The highest BCUT2D eigenvalue weighted by Crippen LogP contribution is 2.38. The van der Waals surface area contributed by atoms with Crippen molar-refractivity contribution in [2.24, 2.45) is 0 Å². The molecule has 0 radical (unpaired) electrons. The smallest absolute Gasteiger partial charge is 0.253 e. The molecule has 0 unspecified atom stereocenters. The normalized spacial score (nSPS) is 21.9. The molecule has 154 valence electrons. The lowest BCUT2D eigenvalue weighted by Gasteiger charge is -2.45. The molecule has 1 saturated carbocycles. The first-order chi connectivity index (χ1) is 13.2. The highest BCUT2D eigenvalue weighted by Gasteiger charge is 2.46. The van der Waals surface area contributed by atoms with Gasteiger partial charge in [0, 0.05) is 6.04 Å². The maximum absolute atomic E-state index is 13.4. The van der Waals surface area contributed by atoms with Crippen LogP contribution in [-0.2, 0) is 9.59 Å². The highest BCUT2D eigenvalue weighted by molar-refractivity contribution is 6.10. The van der Waals surface area contributed by atoms with Crippen molar-refractivity contribution in [2.75, 3.05) is 29.9 Å². The van der Waals surface area contributed by atoms with Gasteiger partial charge in [0.15, 0.2) is 0 Å². The number of hydrogen-bond acceptors (Lipinski definition) is 4. The summed E-state index contributed by atoms with van der Waals surface area (Å²) < 4.78 is 0. The lowest BCUT2D eigenvalue weighted by molar-refractivity contribution is -0.127. The van der Waals surface area contributed by atoms with Crippen molar-refractivity contribution >= 4 is 35.6 Å². The van der Waals surface area contributed by atoms with Crippen molar-refractivity contribution in [3.8, 4) is 0 Å². The molecule has 7 heteroatoms. The zero-order valence-electron chi connectivity index (χ0n) is 16.3. The Morgan fingerprint density at radius 2 is 1.79 bits per heavy atom. The Balaban J connectivity index is 0.00000225. The number of carbonyl (C=O) groups is 2. The second kappa shape index (κ2) is 9.14. The number of halogens is 1. The first kappa shape index (κ1) is 20.9. The van der Waals surface area contributed by atoms with E-state index in [1.807, 2.05) is 24.3 Å². The van der Waals surface area contributed by atoms with Crippen molar-refractivity contribution in [1.82, 2.24) is 10.6 Å². The van der Waals surface area contributed by atoms with E-state index in [-0.39, 0.29) is 36.8 Å². The molecule has 1 aromatic rings. The van der Waals surface area contributed by atoms with E-state index in [1.165, 1.54) is 25.7 Å². The van der Waals surface area contributed by atoms with Crippen LogP contribution < -0.4 is 20.9 Å². The summed E-state index contributed by atoms with van der Waals surface area (Å²) in [6.45, 7) is 1.72. The molecule has 0 bridgehead atoms. The molecule has 2 aliphatic heterocycles. The molecule has 1 saturated heterocycles. The molecule has 3 aliphatic rings. The standard InChI is InChI=1S/C21H30N4O2.ClH/c26-19(23-16-7-3-1-2-4-8-16)15-25-18-10-6-5-9-17(18)24-21(20(25)27)11-13-22-14-12-21;/h5-6,9-10,16,22,24H,1-4,7-8,11-15H2,(H,23,26);1H. The van der Waals surface area contributed by atoms with E-state index >= 15 is 0 Å². The van der Waals surface area contributed by atoms with Crippen LogP contribution in [0, 0.1) is 0 Å². The van der Waals surface area contributed by atoms with Gasteiger partial charge >= 0.3 is 0 Å². The van der Waals surface area contributed by atoms with Crippen molar-refractivity contribution in [2.45, 2.75) is 62.9 Å². The molecule has 1 spiro atoms. The van der Waals surface area contributed by atoms with Crippen LogP contribution >= 0.6 is 12.4 Å². The molecule has 0 atom stereocenters. The van der Waals surface area contributed by atoms with Gasteiger partial charge in [-0.15, -0.1) is 12.4 Å². The Bertz CT molecular complexity index is 697. The lowest BCUT2D eigenvalue weighted by Crippen LogP contribution is -2.62. The van der Waals surface area contributed by atoms with Crippen molar-refractivity contribution < 1.29 is 9.59 Å². The van der Waals surface area contributed by atoms with Crippen LogP contribution in [-0.4, -0.2) is 43.0 Å². The van der Waals surface area contributed by atoms with Crippen LogP contribution in [0.5, 0.6) is 0 Å². The van der Waals surface area contributed by atoms with E-state index in [1.54, 1.807) is 4.90 Å². The number of para-hydroxylation sites is 2. The van der Waals surface area contributed by atoms with E-state index in [4.69, 9.17) is 0 Å². The number of piperidine rings is 1. The summed E-state index contributed by atoms with van der Waals surface area (Å²) in [5.41, 5.74) is 1.16. The van der Waals surface area contributed by atoms with Gasteiger partial charge in [-0.2, -0.15) is 0 Å². The van der Waals surface area contributed by atoms with Gasteiger partial charge in [-0.25, -0.2) is 0 Å². The maximum atomic E-state index is 13.4. The van der Waals surface area contributed by atoms with Crippen LogP contribution in [0.3, 0.4) is 0 Å². The fraction of sp³-hybridized carbons (Fsp3) is 0.619. The van der Waals surface area contributed by atoms with Gasteiger partial charge in [-0.3, -0.25) is 14.5 Å². The Labute approximate surface area is 173 Å². The van der Waals surface area contributed by atoms with Crippen LogP contribution in [0.15, 0.2) is 24.3 Å². The Morgan fingerprint density at radius 3 is 2.50 bits per heavy atom. The molecule has 1 aliphatic carbocycles. The number of nitrogens with zero attached hydrogens (tertiary/aromatic N) is 1. The number of anilines is 2. The molecule has 2 fully saturated rings. The second-order valence-electron chi connectivity index (χ2n) is 8.12. The monoisotopic (exact) mass is 406 g/mol. The molecule has 2 amide bonds. The number of rotatable bonds is 3. The quantitative estimate of drug-likeness (QED) is 0.675. The zero-order chi connectivity index (χ0) is 18.7. The largest absolute Gasteiger partial charge is 0.369 e. The van der Waals surface area contributed by atoms with E-state index in [2.05, 4.69) is 16.0 Å². The zero-order valence-corrected chi connectivity index (χ0v) is 17.2. The van der Waals surface area contributed by atoms with Gasteiger partial charge in [0.1, 0.15) is 12.1 Å². The summed E-state index contributed by atoms with van der Waals surface area (Å²) >= 11 is 0. The molecular formula is C21H31ClN4O2. The van der Waals surface area contributed by atoms with E-state index in [0.29, 0.717) is 0 Å². The van der Waals surface area contributed by atoms with E-state index in [0.717, 1.165) is 50.1 Å². The topological polar surface area (TPSA) is 73.5 Å². The van der Waals surface area contributed by atoms with Gasteiger partial charge < -0.3 is 16.0 Å². The fourth-order valence-corrected chi connectivity index (χ4v) is 4.68. The van der Waals surface area contributed by atoms with E-state index in [9.17, 15) is 9.59 Å². The van der Waals surface area contributed by atoms with Crippen LogP contribution in [0.25, 0.3) is 0 Å². The summed E-state index contributed by atoms with van der Waals surface area (Å²) in [5.74, 6) is -0.0187. The van der Waals surface area contributed by atoms with Crippen LogP contribution in [0.4, 0.5) is 11.4 Å². The molecular weight excluding hydrogens is 376 g/mol. The summed E-state index contributed by atoms with van der Waals surface area (Å²) in [5, 5.41) is 10.0. The minimum atomic E-state index is -0.595. The molecule has 2 heterocycles. The van der Waals surface area contributed by atoms with Gasteiger partial charge in [0.05, 0.1) is 11.4 Å². The Morgan fingerprint density at radius 1 is 1.11 bits per heavy atom. The molecule has 0 aromatic heterocycles. The molecule has 1 aromatic carbocycles. The minimum absolute atomic E-state index is 0. The van der Waals surface area contributed by atoms with Gasteiger partial charge in [0.25, 0.3) is 5.91 Å². The first-order valence-corrected chi connectivity index (χ1v) is 10.4. The third-order valence-corrected chi connectivity index (χ3v) is 6.20. The van der Waals surface area contributed by atoms with Crippen molar-refractivity contribution in [3.63, 3.8) is 0 Å². The average molecular weight is 407 g/mol. The van der Waals surface area contributed by atoms with Crippen LogP contribution in [0.2, 0.25) is 0 Å². The number of hydrogen-bond donors (Lipinski definition) is 3. The average Bonchev–Trinajstić information content (AvgIpc) is 2.95. The molecule has 28 heavy (non-hydrogen) atoms. The number of carbonyl (C=O) groups excluding carboxylic acids is 2. The van der Waals surface area contributed by atoms with Crippen molar-refractivity contribution in [1.29, 1.82) is 0 Å². The number of benzene rings is 1. The third kappa shape index (κ3) is 4.28. The Kier molecular flexibility index (Phi) is 6.83.